The molecule has 1 aromatic heterocycles. The molecule has 4 rings (SSSR count). The number of rotatable bonds is 7. The maximum atomic E-state index is 13.0. The third kappa shape index (κ3) is 6.21. The van der Waals surface area contributed by atoms with E-state index in [0.29, 0.717) is 49.1 Å². The summed E-state index contributed by atoms with van der Waals surface area (Å²) in [6, 6.07) is 5.07. The van der Waals surface area contributed by atoms with Crippen LogP contribution >= 0.6 is 11.3 Å². The van der Waals surface area contributed by atoms with E-state index in [1.165, 1.54) is 21.9 Å². The minimum absolute atomic E-state index is 0.0335. The van der Waals surface area contributed by atoms with E-state index in [2.05, 4.69) is 20.5 Å². The van der Waals surface area contributed by atoms with Gasteiger partial charge in [-0.05, 0) is 31.9 Å². The number of anilines is 2. The molecule has 1 aliphatic heterocycles. The number of carbonyl (C=O) groups excluding carboxylic acids is 2. The number of Topliss-reactive ketones (excluding diaryl/α,β-unsaturated/α-hetero) is 1. The van der Waals surface area contributed by atoms with Crippen LogP contribution in [-0.4, -0.2) is 66.9 Å². The van der Waals surface area contributed by atoms with Crippen molar-refractivity contribution in [2.45, 2.75) is 39.2 Å². The Morgan fingerprint density at radius 3 is 2.50 bits per heavy atom. The lowest BCUT2D eigenvalue weighted by Crippen LogP contribution is -2.47. The van der Waals surface area contributed by atoms with Crippen LogP contribution in [0.2, 0.25) is 0 Å². The Kier molecular flexibility index (Phi) is 7.66. The molecule has 0 bridgehead atoms. The number of urea groups is 1. The fourth-order valence-corrected chi connectivity index (χ4v) is 6.18. The first-order valence-electron chi connectivity index (χ1n) is 11.5. The minimum atomic E-state index is -3.15. The maximum absolute atomic E-state index is 13.0. The van der Waals surface area contributed by atoms with Crippen molar-refractivity contribution in [2.24, 2.45) is 5.92 Å². The van der Waals surface area contributed by atoms with Gasteiger partial charge in [-0.15, -0.1) is 11.3 Å². The largest absolute Gasteiger partial charge is 0.325 e. The zero-order valence-electron chi connectivity index (χ0n) is 19.5. The maximum Gasteiger partial charge on any atom is 0.325 e. The standard InChI is InChI=1S/C23H31N5O4S2/c1-16-7-8-20(19(13-16)21(29)17-5-3-4-6-17)25-22(30)26-23-24-14-18(33-23)15-27-9-11-28(12-10-27)34(2,31)32/h7-8,13-14,17H,3-6,9-12,15H2,1-2H3,(H2,24,25,26,30). The molecule has 34 heavy (non-hydrogen) atoms. The summed E-state index contributed by atoms with van der Waals surface area (Å²) in [4.78, 5) is 33.1. The molecule has 2 N–H and O–H groups in total. The lowest BCUT2D eigenvalue weighted by atomic mass is 9.94. The molecule has 0 spiro atoms. The number of aromatic nitrogens is 1. The molecule has 2 aromatic rings. The SMILES string of the molecule is Cc1ccc(NC(=O)Nc2ncc(CN3CCN(S(C)(=O)=O)CC3)s2)c(C(=O)C2CCCC2)c1. The number of carbonyl (C=O) groups is 2. The normalized spacial score (nSPS) is 18.2. The van der Waals surface area contributed by atoms with Crippen LogP contribution in [0.3, 0.4) is 0 Å². The average Bonchev–Trinajstić information content (AvgIpc) is 3.47. The van der Waals surface area contributed by atoms with Gasteiger partial charge in [0.1, 0.15) is 0 Å². The van der Waals surface area contributed by atoms with Crippen LogP contribution in [-0.2, 0) is 16.6 Å². The summed E-state index contributed by atoms with van der Waals surface area (Å²) < 4.78 is 24.8. The van der Waals surface area contributed by atoms with Gasteiger partial charge < -0.3 is 5.32 Å². The molecule has 184 valence electrons. The number of benzene rings is 1. The smallest absolute Gasteiger partial charge is 0.307 e. The monoisotopic (exact) mass is 505 g/mol. The van der Waals surface area contributed by atoms with E-state index >= 15 is 0 Å². The predicted octanol–water partition coefficient (Wildman–Crippen LogP) is 3.55. The number of nitrogens with one attached hydrogen (secondary N) is 2. The van der Waals surface area contributed by atoms with Crippen LogP contribution in [0.5, 0.6) is 0 Å². The van der Waals surface area contributed by atoms with Crippen LogP contribution in [0.25, 0.3) is 0 Å². The number of hydrogen-bond acceptors (Lipinski definition) is 7. The van der Waals surface area contributed by atoms with E-state index in [4.69, 9.17) is 0 Å². The van der Waals surface area contributed by atoms with E-state index in [-0.39, 0.29) is 11.7 Å². The highest BCUT2D eigenvalue weighted by molar-refractivity contribution is 7.88. The Bertz CT molecular complexity index is 1150. The number of piperazine rings is 1. The van der Waals surface area contributed by atoms with Crippen LogP contribution in [0.1, 0.15) is 46.5 Å². The van der Waals surface area contributed by atoms with Crippen molar-refractivity contribution in [3.63, 3.8) is 0 Å². The zero-order valence-corrected chi connectivity index (χ0v) is 21.2. The number of amides is 2. The van der Waals surface area contributed by atoms with Gasteiger partial charge in [-0.3, -0.25) is 15.0 Å². The number of thiazole rings is 1. The third-order valence-corrected chi connectivity index (χ3v) is 8.57. The molecule has 1 saturated heterocycles. The lowest BCUT2D eigenvalue weighted by molar-refractivity contribution is 0.0923. The van der Waals surface area contributed by atoms with Crippen molar-refractivity contribution in [2.75, 3.05) is 43.1 Å². The molecule has 2 heterocycles. The summed E-state index contributed by atoms with van der Waals surface area (Å²) >= 11 is 1.38. The number of nitrogens with zero attached hydrogens (tertiary/aromatic N) is 3. The molecule has 2 fully saturated rings. The molecule has 2 aliphatic rings. The molecular formula is C23H31N5O4S2. The number of sulfonamides is 1. The van der Waals surface area contributed by atoms with E-state index in [1.54, 1.807) is 12.3 Å². The van der Waals surface area contributed by atoms with E-state index in [9.17, 15) is 18.0 Å². The van der Waals surface area contributed by atoms with Gasteiger partial charge in [-0.2, -0.15) is 4.31 Å². The van der Waals surface area contributed by atoms with Gasteiger partial charge in [-0.1, -0.05) is 24.5 Å². The highest BCUT2D eigenvalue weighted by Crippen LogP contribution is 2.31. The lowest BCUT2D eigenvalue weighted by Gasteiger charge is -2.32. The van der Waals surface area contributed by atoms with Crippen LogP contribution in [0.15, 0.2) is 24.4 Å². The fraction of sp³-hybridized carbons (Fsp3) is 0.522. The van der Waals surface area contributed by atoms with Gasteiger partial charge >= 0.3 is 6.03 Å². The van der Waals surface area contributed by atoms with Gasteiger partial charge in [0, 0.05) is 55.3 Å². The van der Waals surface area contributed by atoms with Gasteiger partial charge in [0.25, 0.3) is 0 Å². The van der Waals surface area contributed by atoms with Gasteiger partial charge in [0.2, 0.25) is 10.0 Å². The molecule has 1 aromatic carbocycles. The Balaban J connectivity index is 1.34. The molecule has 0 atom stereocenters. The van der Waals surface area contributed by atoms with Crippen LogP contribution in [0.4, 0.5) is 15.6 Å². The first-order chi connectivity index (χ1) is 16.2. The first-order valence-corrected chi connectivity index (χ1v) is 14.2. The summed E-state index contributed by atoms with van der Waals surface area (Å²) in [5.41, 5.74) is 2.06. The Morgan fingerprint density at radius 1 is 1.12 bits per heavy atom. The van der Waals surface area contributed by atoms with Crippen LogP contribution < -0.4 is 10.6 Å². The fourth-order valence-electron chi connectivity index (χ4n) is 4.51. The zero-order chi connectivity index (χ0) is 24.3. The third-order valence-electron chi connectivity index (χ3n) is 6.37. The predicted molar refractivity (Wildman–Crippen MR) is 134 cm³/mol. The molecule has 1 saturated carbocycles. The number of aryl methyl sites for hydroxylation is 1. The van der Waals surface area contributed by atoms with E-state index in [1.807, 2.05) is 19.1 Å². The molecule has 1 aliphatic carbocycles. The summed E-state index contributed by atoms with van der Waals surface area (Å²) in [5.74, 6) is 0.134. The molecule has 0 unspecified atom stereocenters. The second kappa shape index (κ2) is 10.5. The van der Waals surface area contributed by atoms with Gasteiger partial charge in [-0.25, -0.2) is 18.2 Å². The second-order valence-electron chi connectivity index (χ2n) is 9.04. The van der Waals surface area contributed by atoms with Gasteiger partial charge in [0.15, 0.2) is 10.9 Å². The minimum Gasteiger partial charge on any atom is -0.307 e. The number of ketones is 1. The van der Waals surface area contributed by atoms with Gasteiger partial charge in [0.05, 0.1) is 11.9 Å². The summed E-state index contributed by atoms with van der Waals surface area (Å²) in [6.07, 6.45) is 6.92. The highest BCUT2D eigenvalue weighted by Gasteiger charge is 2.26. The Morgan fingerprint density at radius 2 is 1.82 bits per heavy atom. The first kappa shape index (κ1) is 24.8. The molecule has 2 amide bonds. The Hall–Kier alpha value is -2.34. The average molecular weight is 506 g/mol. The second-order valence-corrected chi connectivity index (χ2v) is 12.1. The number of hydrogen-bond donors (Lipinski definition) is 2. The summed E-state index contributed by atoms with van der Waals surface area (Å²) in [6.45, 7) is 4.84. The van der Waals surface area contributed by atoms with Crippen molar-refractivity contribution in [1.29, 1.82) is 0 Å². The van der Waals surface area contributed by atoms with Crippen molar-refractivity contribution in [1.82, 2.24) is 14.2 Å². The van der Waals surface area contributed by atoms with Crippen molar-refractivity contribution >= 4 is 44.0 Å². The molecule has 11 heteroatoms. The topological polar surface area (TPSA) is 112 Å². The summed E-state index contributed by atoms with van der Waals surface area (Å²) in [5, 5.41) is 6.06. The molecule has 9 nitrogen and oxygen atoms in total. The van der Waals surface area contributed by atoms with Crippen LogP contribution in [0, 0.1) is 12.8 Å². The molecular weight excluding hydrogens is 474 g/mol. The molecule has 0 radical (unpaired) electrons. The quantitative estimate of drug-likeness (QED) is 0.557. The summed E-state index contributed by atoms with van der Waals surface area (Å²) in [7, 11) is -3.15. The van der Waals surface area contributed by atoms with E-state index < -0.39 is 16.1 Å². The van der Waals surface area contributed by atoms with Crippen molar-refractivity contribution in [3.8, 4) is 0 Å². The highest BCUT2D eigenvalue weighted by atomic mass is 32.2. The van der Waals surface area contributed by atoms with E-state index in [0.717, 1.165) is 36.1 Å². The van der Waals surface area contributed by atoms with Crippen molar-refractivity contribution in [3.05, 3.63) is 40.4 Å². The van der Waals surface area contributed by atoms with Crippen molar-refractivity contribution < 1.29 is 18.0 Å². The Labute approximate surface area is 204 Å².